The quantitative estimate of drug-likeness (QED) is 0.491. The molecule has 1 aromatic heterocycles. The van der Waals surface area contributed by atoms with Crippen LogP contribution >= 0.6 is 34.2 Å². The van der Waals surface area contributed by atoms with Crippen molar-refractivity contribution in [3.8, 4) is 5.69 Å². The van der Waals surface area contributed by atoms with Gasteiger partial charge in [0.2, 0.25) is 0 Å². The number of benzene rings is 1. The highest BCUT2D eigenvalue weighted by atomic mass is 127. The molecule has 0 unspecified atom stereocenters. The minimum absolute atomic E-state index is 0.0499. The van der Waals surface area contributed by atoms with Gasteiger partial charge in [-0.2, -0.15) is 5.10 Å². The third-order valence-electron chi connectivity index (χ3n) is 2.27. The maximum Gasteiger partial charge on any atom is 0.338 e. The Bertz CT molecular complexity index is 685. The van der Waals surface area contributed by atoms with Gasteiger partial charge in [0.25, 0.3) is 5.69 Å². The van der Waals surface area contributed by atoms with E-state index < -0.39 is 10.9 Å². The summed E-state index contributed by atoms with van der Waals surface area (Å²) >= 11 is 7.94. The molecular formula is C10H5ClIN3O4. The molecule has 1 heterocycles. The number of carboxylic acid groups (broad SMARTS) is 1. The summed E-state index contributed by atoms with van der Waals surface area (Å²) in [7, 11) is 0. The highest BCUT2D eigenvalue weighted by Gasteiger charge is 2.21. The molecule has 98 valence electrons. The van der Waals surface area contributed by atoms with E-state index >= 15 is 0 Å². The van der Waals surface area contributed by atoms with E-state index in [-0.39, 0.29) is 22.0 Å². The Labute approximate surface area is 125 Å². The predicted octanol–water partition coefficient (Wildman–Crippen LogP) is 2.74. The van der Waals surface area contributed by atoms with Crippen LogP contribution in [0.15, 0.2) is 24.5 Å². The third-order valence-corrected chi connectivity index (χ3v) is 3.11. The molecular weight excluding hydrogens is 388 g/mol. The molecule has 0 radical (unpaired) electrons. The van der Waals surface area contributed by atoms with Crippen LogP contribution in [0, 0.1) is 13.7 Å². The molecule has 0 amide bonds. The monoisotopic (exact) mass is 393 g/mol. The summed E-state index contributed by atoms with van der Waals surface area (Å²) in [6.45, 7) is 0. The Kier molecular flexibility index (Phi) is 3.71. The second kappa shape index (κ2) is 5.13. The molecule has 7 nitrogen and oxygen atoms in total. The Balaban J connectivity index is 2.72. The van der Waals surface area contributed by atoms with Gasteiger partial charge in [-0.15, -0.1) is 0 Å². The summed E-state index contributed by atoms with van der Waals surface area (Å²) in [5.74, 6) is -1.31. The van der Waals surface area contributed by atoms with Crippen LogP contribution in [-0.2, 0) is 0 Å². The minimum atomic E-state index is -1.31. The number of carbonyl (C=O) groups is 1. The molecule has 0 spiro atoms. The number of nitro benzene ring substituents is 1. The fraction of sp³-hybridized carbons (Fsp3) is 0. The van der Waals surface area contributed by atoms with E-state index in [0.717, 1.165) is 15.7 Å². The Morgan fingerprint density at radius 1 is 1.53 bits per heavy atom. The van der Waals surface area contributed by atoms with Crippen LogP contribution in [0.5, 0.6) is 0 Å². The third kappa shape index (κ3) is 2.68. The highest BCUT2D eigenvalue weighted by molar-refractivity contribution is 14.1. The first-order valence-electron chi connectivity index (χ1n) is 4.82. The van der Waals surface area contributed by atoms with Crippen molar-refractivity contribution >= 4 is 45.8 Å². The minimum Gasteiger partial charge on any atom is -0.478 e. The predicted molar refractivity (Wildman–Crippen MR) is 74.9 cm³/mol. The van der Waals surface area contributed by atoms with Crippen molar-refractivity contribution in [3.63, 3.8) is 0 Å². The molecule has 0 saturated carbocycles. The zero-order valence-corrected chi connectivity index (χ0v) is 12.0. The summed E-state index contributed by atoms with van der Waals surface area (Å²) in [5, 5.41) is 23.8. The van der Waals surface area contributed by atoms with Crippen molar-refractivity contribution < 1.29 is 14.8 Å². The van der Waals surface area contributed by atoms with Crippen LogP contribution < -0.4 is 0 Å². The topological polar surface area (TPSA) is 98.3 Å². The summed E-state index contributed by atoms with van der Waals surface area (Å²) in [6.07, 6.45) is 3.09. The molecule has 0 saturated heterocycles. The van der Waals surface area contributed by atoms with Gasteiger partial charge in [0.15, 0.2) is 0 Å². The second-order valence-electron chi connectivity index (χ2n) is 3.49. The van der Waals surface area contributed by atoms with Gasteiger partial charge in [0.05, 0.1) is 31.0 Å². The zero-order chi connectivity index (χ0) is 14.2. The van der Waals surface area contributed by atoms with Crippen LogP contribution in [-0.4, -0.2) is 25.8 Å². The lowest BCUT2D eigenvalue weighted by atomic mass is 10.1. The molecule has 2 rings (SSSR count). The number of non-ortho nitro benzene ring substituents is 1. The molecule has 0 bridgehead atoms. The number of hydrogen-bond donors (Lipinski definition) is 1. The number of nitro groups is 1. The van der Waals surface area contributed by atoms with Crippen molar-refractivity contribution in [1.82, 2.24) is 9.78 Å². The van der Waals surface area contributed by atoms with Crippen LogP contribution in [0.2, 0.25) is 5.02 Å². The smallest absolute Gasteiger partial charge is 0.338 e. The van der Waals surface area contributed by atoms with E-state index in [1.165, 1.54) is 10.9 Å². The average Bonchev–Trinajstić information content (AvgIpc) is 2.74. The molecule has 9 heteroatoms. The molecule has 0 aliphatic heterocycles. The first kappa shape index (κ1) is 13.7. The molecule has 1 N–H and O–H groups in total. The number of nitrogens with zero attached hydrogens (tertiary/aromatic N) is 3. The molecule has 2 aromatic rings. The fourth-order valence-corrected chi connectivity index (χ4v) is 2.20. The van der Waals surface area contributed by atoms with Gasteiger partial charge in [-0.1, -0.05) is 11.6 Å². The number of halogens is 2. The van der Waals surface area contributed by atoms with E-state index in [2.05, 4.69) is 5.10 Å². The van der Waals surface area contributed by atoms with Crippen molar-refractivity contribution in [2.24, 2.45) is 0 Å². The van der Waals surface area contributed by atoms with E-state index in [4.69, 9.17) is 16.7 Å². The summed E-state index contributed by atoms with van der Waals surface area (Å²) in [5.41, 5.74) is -0.561. The normalized spacial score (nSPS) is 10.4. The van der Waals surface area contributed by atoms with E-state index in [9.17, 15) is 14.9 Å². The van der Waals surface area contributed by atoms with Gasteiger partial charge in [-0.05, 0) is 22.6 Å². The van der Waals surface area contributed by atoms with E-state index in [0.29, 0.717) is 0 Å². The van der Waals surface area contributed by atoms with Gasteiger partial charge < -0.3 is 5.11 Å². The van der Waals surface area contributed by atoms with Crippen LogP contribution in [0.3, 0.4) is 0 Å². The van der Waals surface area contributed by atoms with Crippen LogP contribution in [0.4, 0.5) is 5.69 Å². The van der Waals surface area contributed by atoms with Crippen LogP contribution in [0.1, 0.15) is 10.4 Å². The molecule has 0 aliphatic rings. The highest BCUT2D eigenvalue weighted by Crippen LogP contribution is 2.30. The van der Waals surface area contributed by atoms with Crippen molar-refractivity contribution in [2.45, 2.75) is 0 Å². The lowest BCUT2D eigenvalue weighted by Gasteiger charge is -2.08. The standard InChI is InChI=1S/C10H5ClIN3O4/c11-8-2-6(15(18)19)1-7(10(16)17)9(8)14-4-5(12)3-13-14/h1-4H,(H,16,17). The van der Waals surface area contributed by atoms with Gasteiger partial charge in [0.1, 0.15) is 0 Å². The molecule has 0 aliphatic carbocycles. The van der Waals surface area contributed by atoms with Gasteiger partial charge in [-0.3, -0.25) is 10.1 Å². The summed E-state index contributed by atoms with van der Waals surface area (Å²) in [6, 6.07) is 2.05. The molecule has 0 atom stereocenters. The molecule has 0 fully saturated rings. The number of aromatic nitrogens is 2. The fourth-order valence-electron chi connectivity index (χ4n) is 1.51. The molecule has 1 aromatic carbocycles. The van der Waals surface area contributed by atoms with Gasteiger partial charge >= 0.3 is 5.97 Å². The van der Waals surface area contributed by atoms with Crippen molar-refractivity contribution in [3.05, 3.63) is 48.8 Å². The lowest BCUT2D eigenvalue weighted by Crippen LogP contribution is -2.08. The number of carboxylic acids is 1. The SMILES string of the molecule is O=C(O)c1cc([N+](=O)[O-])cc(Cl)c1-n1cc(I)cn1. The Hall–Kier alpha value is -1.68. The average molecular weight is 394 g/mol. The lowest BCUT2D eigenvalue weighted by molar-refractivity contribution is -0.384. The number of rotatable bonds is 3. The van der Waals surface area contributed by atoms with Crippen LogP contribution in [0.25, 0.3) is 5.69 Å². The summed E-state index contributed by atoms with van der Waals surface area (Å²) < 4.78 is 2.06. The van der Waals surface area contributed by atoms with E-state index in [1.807, 2.05) is 22.6 Å². The summed E-state index contributed by atoms with van der Waals surface area (Å²) in [4.78, 5) is 21.2. The van der Waals surface area contributed by atoms with Crippen molar-refractivity contribution in [1.29, 1.82) is 0 Å². The van der Waals surface area contributed by atoms with Gasteiger partial charge in [0, 0.05) is 18.3 Å². The first-order chi connectivity index (χ1) is 8.90. The maximum atomic E-state index is 11.2. The molecule has 19 heavy (non-hydrogen) atoms. The van der Waals surface area contributed by atoms with Gasteiger partial charge in [-0.25, -0.2) is 9.48 Å². The Morgan fingerprint density at radius 3 is 2.68 bits per heavy atom. The van der Waals surface area contributed by atoms with Crippen molar-refractivity contribution in [2.75, 3.05) is 0 Å². The largest absolute Gasteiger partial charge is 0.478 e. The maximum absolute atomic E-state index is 11.2. The second-order valence-corrected chi connectivity index (χ2v) is 5.14. The first-order valence-corrected chi connectivity index (χ1v) is 6.27. The number of aromatic carboxylic acids is 1. The Morgan fingerprint density at radius 2 is 2.21 bits per heavy atom. The van der Waals surface area contributed by atoms with E-state index in [1.54, 1.807) is 6.20 Å². The zero-order valence-electron chi connectivity index (χ0n) is 9.08. The number of hydrogen-bond acceptors (Lipinski definition) is 4.